The van der Waals surface area contributed by atoms with E-state index < -0.39 is 11.5 Å². The van der Waals surface area contributed by atoms with Gasteiger partial charge in [0, 0.05) is 30.2 Å². The summed E-state index contributed by atoms with van der Waals surface area (Å²) < 4.78 is 5.89. The maximum Gasteiger partial charge on any atom is 0.255 e. The van der Waals surface area contributed by atoms with Gasteiger partial charge >= 0.3 is 0 Å². The van der Waals surface area contributed by atoms with Crippen LogP contribution in [-0.4, -0.2) is 63.7 Å². The van der Waals surface area contributed by atoms with Crippen LogP contribution in [0.3, 0.4) is 0 Å². The number of aromatic nitrogens is 1. The van der Waals surface area contributed by atoms with E-state index in [9.17, 15) is 14.4 Å². The van der Waals surface area contributed by atoms with Crippen LogP contribution >= 0.6 is 11.6 Å². The molecule has 1 aromatic heterocycles. The number of benzene rings is 3. The van der Waals surface area contributed by atoms with Crippen LogP contribution in [0.5, 0.6) is 11.5 Å². The number of nitrogens with one attached hydrogen (secondary N) is 2. The first-order valence-electron chi connectivity index (χ1n) is 14.9. The Hall–Kier alpha value is -4.30. The molecule has 2 saturated heterocycles. The van der Waals surface area contributed by atoms with E-state index in [2.05, 4.69) is 41.5 Å². The lowest BCUT2D eigenvalue weighted by molar-refractivity contribution is -0.150. The zero-order valence-electron chi connectivity index (χ0n) is 25.3. The number of hydrogen-bond donors (Lipinski definition) is 2. The molecule has 1 spiro atoms. The van der Waals surface area contributed by atoms with Gasteiger partial charge in [-0.2, -0.15) is 0 Å². The second-order valence-corrected chi connectivity index (χ2v) is 13.4. The normalized spacial score (nSPS) is 22.1. The Morgan fingerprint density at radius 2 is 1.75 bits per heavy atom. The number of aryl methyl sites for hydroxylation is 1. The number of carbonyl (C=O) groups excluding carboxylic acids is 3. The molecule has 2 N–H and O–H groups in total. The largest absolute Gasteiger partial charge is 0.457 e. The number of H-pyrrole nitrogens is 1. The molecule has 3 aliphatic rings. The molecule has 3 unspecified atom stereocenters. The van der Waals surface area contributed by atoms with Crippen molar-refractivity contribution in [2.75, 3.05) is 13.1 Å². The Bertz CT molecular complexity index is 1680. The minimum absolute atomic E-state index is 0.0411. The van der Waals surface area contributed by atoms with Gasteiger partial charge in [-0.3, -0.25) is 14.4 Å². The van der Waals surface area contributed by atoms with Crippen LogP contribution < -0.4 is 10.1 Å². The summed E-state index contributed by atoms with van der Waals surface area (Å²) >= 11 is 6.42. The maximum atomic E-state index is 13.5. The highest BCUT2D eigenvalue weighted by molar-refractivity contribution is 6.34. The number of fused-ring (bicyclic) bond motifs is 1. The van der Waals surface area contributed by atoms with Crippen molar-refractivity contribution in [3.8, 4) is 11.5 Å². The van der Waals surface area contributed by atoms with Gasteiger partial charge in [-0.05, 0) is 66.6 Å². The molecular formula is C35H37ClN4O4. The monoisotopic (exact) mass is 612 g/mol. The number of rotatable bonds is 6. The van der Waals surface area contributed by atoms with Crippen LogP contribution in [0.25, 0.3) is 10.9 Å². The quantitative estimate of drug-likeness (QED) is 0.254. The summed E-state index contributed by atoms with van der Waals surface area (Å²) in [6.07, 6.45) is 1.47. The summed E-state index contributed by atoms with van der Waals surface area (Å²) in [5.41, 5.74) is 2.11. The minimum atomic E-state index is -0.604. The van der Waals surface area contributed by atoms with Gasteiger partial charge in [0.1, 0.15) is 17.5 Å². The average Bonchev–Trinajstić information content (AvgIpc) is 3.54. The van der Waals surface area contributed by atoms with Gasteiger partial charge in [0.15, 0.2) is 0 Å². The topological polar surface area (TPSA) is 94.7 Å². The van der Waals surface area contributed by atoms with Crippen molar-refractivity contribution < 1.29 is 19.1 Å². The number of carbonyl (C=O) groups is 3. The number of amides is 3. The molecule has 4 aromatic rings. The molecule has 2 aliphatic heterocycles. The SMILES string of the molecule is CC(C)(C)[C@H](NC=O)C(=O)N1CC2N(C(=O)c3cc(Oc4ccccc4)ccc3Cl)CC3CC321.Cc1cc2ccccc2[nH]1. The van der Waals surface area contributed by atoms with E-state index >= 15 is 0 Å². The number of likely N-dealkylation sites (tertiary alicyclic amines) is 2. The zero-order chi connectivity index (χ0) is 31.2. The van der Waals surface area contributed by atoms with E-state index in [1.807, 2.05) is 67.0 Å². The number of nitrogens with zero attached hydrogens (tertiary/aromatic N) is 2. The van der Waals surface area contributed by atoms with E-state index in [-0.39, 0.29) is 29.3 Å². The van der Waals surface area contributed by atoms with Crippen molar-refractivity contribution in [2.45, 2.75) is 51.7 Å². The summed E-state index contributed by atoms with van der Waals surface area (Å²) in [6.45, 7) is 8.92. The first-order chi connectivity index (χ1) is 21.0. The first-order valence-corrected chi connectivity index (χ1v) is 15.3. The number of para-hydroxylation sites is 2. The van der Waals surface area contributed by atoms with Gasteiger partial charge in [-0.1, -0.05) is 68.8 Å². The number of piperidine rings is 1. The Kier molecular flexibility index (Phi) is 7.66. The van der Waals surface area contributed by atoms with Crippen LogP contribution in [0, 0.1) is 18.3 Å². The van der Waals surface area contributed by atoms with Gasteiger partial charge in [-0.25, -0.2) is 0 Å². The highest BCUT2D eigenvalue weighted by Crippen LogP contribution is 2.63. The molecule has 8 nitrogen and oxygen atoms in total. The second kappa shape index (κ2) is 11.3. The van der Waals surface area contributed by atoms with E-state index in [0.29, 0.717) is 41.6 Å². The summed E-state index contributed by atoms with van der Waals surface area (Å²) in [7, 11) is 0. The molecule has 3 aromatic carbocycles. The molecule has 228 valence electrons. The molecule has 9 heteroatoms. The average molecular weight is 613 g/mol. The molecule has 4 atom stereocenters. The maximum absolute atomic E-state index is 13.5. The highest BCUT2D eigenvalue weighted by Gasteiger charge is 2.77. The third kappa shape index (κ3) is 5.32. The number of ether oxygens (including phenoxy) is 1. The third-order valence-corrected chi connectivity index (χ3v) is 9.36. The van der Waals surface area contributed by atoms with Gasteiger partial charge in [0.2, 0.25) is 12.3 Å². The second-order valence-electron chi connectivity index (χ2n) is 13.0. The van der Waals surface area contributed by atoms with Gasteiger partial charge in [0.05, 0.1) is 22.2 Å². The fourth-order valence-corrected chi connectivity index (χ4v) is 6.96. The van der Waals surface area contributed by atoms with Crippen LogP contribution in [-0.2, 0) is 9.59 Å². The van der Waals surface area contributed by atoms with Crippen LogP contribution in [0.4, 0.5) is 0 Å². The molecule has 3 heterocycles. The van der Waals surface area contributed by atoms with Crippen molar-refractivity contribution in [3.05, 3.63) is 95.1 Å². The molecule has 3 amide bonds. The van der Waals surface area contributed by atoms with E-state index in [4.69, 9.17) is 16.3 Å². The molecular weight excluding hydrogens is 576 g/mol. The van der Waals surface area contributed by atoms with Crippen molar-refractivity contribution in [3.63, 3.8) is 0 Å². The smallest absolute Gasteiger partial charge is 0.255 e. The number of aromatic amines is 1. The Balaban J connectivity index is 0.000000289. The fourth-order valence-electron chi connectivity index (χ4n) is 6.76. The molecule has 0 radical (unpaired) electrons. The standard InChI is InChI=1S/C26H28ClN3O4.C9H9N/c1-25(2,3)22(28-15-31)24(33)30-14-21-26(30)12-16(26)13-29(21)23(32)19-11-18(9-10-20(19)27)34-17-7-5-4-6-8-17;1-7-6-8-4-2-3-5-9(8)10-7/h4-11,15-16,21-22H,12-14H2,1-3H3,(H,28,31);2-6,10H,1H3/t16?,21?,22-,26?;/m1./s1. The van der Waals surface area contributed by atoms with Gasteiger partial charge < -0.3 is 24.8 Å². The third-order valence-electron chi connectivity index (χ3n) is 9.03. The first kappa shape index (κ1) is 29.8. The van der Waals surface area contributed by atoms with Crippen molar-refractivity contribution in [2.24, 2.45) is 11.3 Å². The lowest BCUT2D eigenvalue weighted by Crippen LogP contribution is -2.71. The van der Waals surface area contributed by atoms with Crippen molar-refractivity contribution >= 4 is 40.7 Å². The predicted octanol–water partition coefficient (Wildman–Crippen LogP) is 6.19. The minimum Gasteiger partial charge on any atom is -0.457 e. The summed E-state index contributed by atoms with van der Waals surface area (Å²) in [5.74, 6) is 1.24. The molecule has 44 heavy (non-hydrogen) atoms. The van der Waals surface area contributed by atoms with E-state index in [0.717, 1.165) is 6.42 Å². The summed E-state index contributed by atoms with van der Waals surface area (Å²) in [5, 5.41) is 4.36. The van der Waals surface area contributed by atoms with Crippen LogP contribution in [0.2, 0.25) is 5.02 Å². The van der Waals surface area contributed by atoms with E-state index in [1.54, 1.807) is 18.2 Å². The molecule has 1 saturated carbocycles. The number of halogens is 1. The molecule has 3 fully saturated rings. The molecule has 0 bridgehead atoms. The predicted molar refractivity (Wildman–Crippen MR) is 171 cm³/mol. The Labute approximate surface area is 262 Å². The fraction of sp³-hybridized carbons (Fsp3) is 0.343. The van der Waals surface area contributed by atoms with Crippen molar-refractivity contribution in [1.29, 1.82) is 0 Å². The van der Waals surface area contributed by atoms with Gasteiger partial charge in [0.25, 0.3) is 5.91 Å². The Morgan fingerprint density at radius 1 is 1.02 bits per heavy atom. The molecule has 1 aliphatic carbocycles. The van der Waals surface area contributed by atoms with Crippen molar-refractivity contribution in [1.82, 2.24) is 20.1 Å². The Morgan fingerprint density at radius 3 is 2.45 bits per heavy atom. The summed E-state index contributed by atoms with van der Waals surface area (Å²) in [4.78, 5) is 45.0. The molecule has 7 rings (SSSR count). The highest BCUT2D eigenvalue weighted by atomic mass is 35.5. The summed E-state index contributed by atoms with van der Waals surface area (Å²) in [6, 6.07) is 24.2. The van der Waals surface area contributed by atoms with Gasteiger partial charge in [-0.15, -0.1) is 0 Å². The lowest BCUT2D eigenvalue weighted by Gasteiger charge is -2.52. The van der Waals surface area contributed by atoms with Crippen LogP contribution in [0.15, 0.2) is 78.9 Å². The lowest BCUT2D eigenvalue weighted by atomic mass is 9.83. The van der Waals surface area contributed by atoms with E-state index in [1.165, 1.54) is 16.6 Å². The zero-order valence-corrected chi connectivity index (χ0v) is 26.1. The van der Waals surface area contributed by atoms with Crippen LogP contribution in [0.1, 0.15) is 43.2 Å². The number of hydrogen-bond acceptors (Lipinski definition) is 4.